The summed E-state index contributed by atoms with van der Waals surface area (Å²) >= 11 is 3.44. The number of alkyl halides is 1. The number of anilines is 1. The van der Waals surface area contributed by atoms with Crippen molar-refractivity contribution in [2.24, 2.45) is 0 Å². The summed E-state index contributed by atoms with van der Waals surface area (Å²) in [5.74, 6) is 0. The molecule has 0 aromatic carbocycles. The van der Waals surface area contributed by atoms with Crippen LogP contribution in [0.25, 0.3) is 0 Å². The van der Waals surface area contributed by atoms with E-state index < -0.39 is 0 Å². The Morgan fingerprint density at radius 1 is 1.38 bits per heavy atom. The second kappa shape index (κ2) is 5.97. The Bertz CT molecular complexity index is 226. The Balaban J connectivity index is 2.56. The Morgan fingerprint density at radius 2 is 2.08 bits per heavy atom. The maximum Gasteiger partial charge on any atom is 0.0396 e. The monoisotopic (exact) mass is 242 g/mol. The van der Waals surface area contributed by atoms with E-state index in [0.29, 0.717) is 0 Å². The molecule has 0 radical (unpaired) electrons. The van der Waals surface area contributed by atoms with Crippen LogP contribution in [-0.2, 0) is 0 Å². The Kier molecular flexibility index (Phi) is 4.83. The first-order chi connectivity index (χ1) is 6.38. The van der Waals surface area contributed by atoms with Crippen molar-refractivity contribution in [1.82, 2.24) is 4.98 Å². The molecule has 0 bridgehead atoms. The van der Waals surface area contributed by atoms with Gasteiger partial charge in [0.1, 0.15) is 0 Å². The summed E-state index contributed by atoms with van der Waals surface area (Å²) in [5.41, 5.74) is 1.26. The van der Waals surface area contributed by atoms with Gasteiger partial charge in [0.25, 0.3) is 0 Å². The molecule has 0 saturated carbocycles. The molecule has 3 heteroatoms. The maximum atomic E-state index is 4.01. The normalized spacial score (nSPS) is 10.0. The topological polar surface area (TPSA) is 16.1 Å². The van der Waals surface area contributed by atoms with Gasteiger partial charge in [-0.15, -0.1) is 0 Å². The second-order valence-corrected chi connectivity index (χ2v) is 3.62. The molecule has 0 aliphatic carbocycles. The van der Waals surface area contributed by atoms with E-state index in [1.165, 1.54) is 12.1 Å². The summed E-state index contributed by atoms with van der Waals surface area (Å²) in [5, 5.41) is 1.06. The molecule has 1 aromatic rings. The van der Waals surface area contributed by atoms with E-state index in [1.807, 2.05) is 12.4 Å². The van der Waals surface area contributed by atoms with E-state index in [2.05, 4.69) is 44.9 Å². The van der Waals surface area contributed by atoms with Crippen LogP contribution in [0.3, 0.4) is 0 Å². The largest absolute Gasteiger partial charge is 0.372 e. The minimum absolute atomic E-state index is 1.05. The highest BCUT2D eigenvalue weighted by atomic mass is 79.9. The molecular formula is C10H15BrN2. The third-order valence-corrected chi connectivity index (χ3v) is 2.53. The van der Waals surface area contributed by atoms with E-state index in [0.717, 1.165) is 18.4 Å². The molecule has 1 rings (SSSR count). The van der Waals surface area contributed by atoms with Gasteiger partial charge in [-0.1, -0.05) is 15.9 Å². The molecule has 0 fully saturated rings. The lowest BCUT2D eigenvalue weighted by Crippen LogP contribution is -2.23. The lowest BCUT2D eigenvalue weighted by Gasteiger charge is -2.22. The molecule has 13 heavy (non-hydrogen) atoms. The van der Waals surface area contributed by atoms with Gasteiger partial charge in [-0.05, 0) is 25.5 Å². The third kappa shape index (κ3) is 3.35. The Morgan fingerprint density at radius 3 is 2.62 bits per heavy atom. The fraction of sp³-hybridized carbons (Fsp3) is 0.500. The molecule has 0 N–H and O–H groups in total. The van der Waals surface area contributed by atoms with Crippen molar-refractivity contribution < 1.29 is 0 Å². The highest BCUT2D eigenvalue weighted by molar-refractivity contribution is 9.09. The summed E-state index contributed by atoms with van der Waals surface area (Å²) in [6.07, 6.45) is 4.86. The van der Waals surface area contributed by atoms with Crippen LogP contribution >= 0.6 is 15.9 Å². The summed E-state index contributed by atoms with van der Waals surface area (Å²) < 4.78 is 0. The molecule has 0 atom stereocenters. The third-order valence-electron chi connectivity index (χ3n) is 1.97. The van der Waals surface area contributed by atoms with Crippen LogP contribution in [0, 0.1) is 0 Å². The molecule has 1 aromatic heterocycles. The zero-order valence-electron chi connectivity index (χ0n) is 7.91. The van der Waals surface area contributed by atoms with Gasteiger partial charge < -0.3 is 4.90 Å². The fourth-order valence-electron chi connectivity index (χ4n) is 1.28. The van der Waals surface area contributed by atoms with Crippen LogP contribution < -0.4 is 4.90 Å². The average Bonchev–Trinajstić information content (AvgIpc) is 2.21. The second-order valence-electron chi connectivity index (χ2n) is 2.83. The molecule has 0 saturated heterocycles. The van der Waals surface area contributed by atoms with Crippen molar-refractivity contribution in [1.29, 1.82) is 0 Å². The molecule has 0 aliphatic rings. The highest BCUT2D eigenvalue weighted by Gasteiger charge is 2.01. The minimum atomic E-state index is 1.05. The van der Waals surface area contributed by atoms with E-state index >= 15 is 0 Å². The number of rotatable bonds is 5. The van der Waals surface area contributed by atoms with Crippen molar-refractivity contribution in [2.45, 2.75) is 13.3 Å². The smallest absolute Gasteiger partial charge is 0.0396 e. The van der Waals surface area contributed by atoms with E-state index in [9.17, 15) is 0 Å². The van der Waals surface area contributed by atoms with Crippen LogP contribution in [0.15, 0.2) is 24.5 Å². The number of hydrogen-bond acceptors (Lipinski definition) is 2. The van der Waals surface area contributed by atoms with E-state index in [4.69, 9.17) is 0 Å². The van der Waals surface area contributed by atoms with Crippen LogP contribution in [0.1, 0.15) is 13.3 Å². The van der Waals surface area contributed by atoms with Crippen molar-refractivity contribution in [2.75, 3.05) is 23.3 Å². The maximum absolute atomic E-state index is 4.01. The van der Waals surface area contributed by atoms with Crippen molar-refractivity contribution >= 4 is 21.6 Å². The van der Waals surface area contributed by atoms with Gasteiger partial charge >= 0.3 is 0 Å². The molecule has 0 unspecified atom stereocenters. The molecule has 0 amide bonds. The van der Waals surface area contributed by atoms with Gasteiger partial charge in [-0.3, -0.25) is 4.98 Å². The molecular weight excluding hydrogens is 228 g/mol. The van der Waals surface area contributed by atoms with Gasteiger partial charge in [0.05, 0.1) is 0 Å². The standard InChI is InChI=1S/C10H15BrN2/c1-2-13(9-3-6-11)10-4-7-12-8-5-10/h4-5,7-8H,2-3,6,9H2,1H3. The van der Waals surface area contributed by atoms with Crippen LogP contribution in [-0.4, -0.2) is 23.4 Å². The molecule has 72 valence electrons. The lowest BCUT2D eigenvalue weighted by molar-refractivity contribution is 0.798. The summed E-state index contributed by atoms with van der Waals surface area (Å²) in [6.45, 7) is 4.33. The lowest BCUT2D eigenvalue weighted by atomic mass is 10.3. The number of aromatic nitrogens is 1. The summed E-state index contributed by atoms with van der Waals surface area (Å²) in [4.78, 5) is 6.36. The van der Waals surface area contributed by atoms with Gasteiger partial charge in [0.15, 0.2) is 0 Å². The average molecular weight is 243 g/mol. The fourth-order valence-corrected chi connectivity index (χ4v) is 1.53. The quantitative estimate of drug-likeness (QED) is 0.739. The SMILES string of the molecule is CCN(CCCBr)c1ccncc1. The van der Waals surface area contributed by atoms with Crippen molar-refractivity contribution in [3.8, 4) is 0 Å². The molecule has 0 spiro atoms. The van der Waals surface area contributed by atoms with Gasteiger partial charge in [-0.25, -0.2) is 0 Å². The highest BCUT2D eigenvalue weighted by Crippen LogP contribution is 2.11. The first kappa shape index (κ1) is 10.5. The van der Waals surface area contributed by atoms with Gasteiger partial charge in [-0.2, -0.15) is 0 Å². The number of halogens is 1. The van der Waals surface area contributed by atoms with E-state index in [1.54, 1.807) is 0 Å². The zero-order chi connectivity index (χ0) is 9.52. The number of hydrogen-bond donors (Lipinski definition) is 0. The minimum Gasteiger partial charge on any atom is -0.372 e. The first-order valence-corrected chi connectivity index (χ1v) is 5.71. The van der Waals surface area contributed by atoms with E-state index in [-0.39, 0.29) is 0 Å². The van der Waals surface area contributed by atoms with Crippen molar-refractivity contribution in [3.63, 3.8) is 0 Å². The molecule has 2 nitrogen and oxygen atoms in total. The van der Waals surface area contributed by atoms with Crippen molar-refractivity contribution in [3.05, 3.63) is 24.5 Å². The van der Waals surface area contributed by atoms with Crippen LogP contribution in [0.4, 0.5) is 5.69 Å². The summed E-state index contributed by atoms with van der Waals surface area (Å²) in [7, 11) is 0. The predicted molar refractivity (Wildman–Crippen MR) is 60.5 cm³/mol. The van der Waals surface area contributed by atoms with Gasteiger partial charge in [0, 0.05) is 36.5 Å². The number of pyridine rings is 1. The summed E-state index contributed by atoms with van der Waals surface area (Å²) in [6, 6.07) is 4.11. The molecule has 0 aliphatic heterocycles. The van der Waals surface area contributed by atoms with Gasteiger partial charge in [0.2, 0.25) is 0 Å². The molecule has 1 heterocycles. The van der Waals surface area contributed by atoms with Crippen LogP contribution in [0.5, 0.6) is 0 Å². The first-order valence-electron chi connectivity index (χ1n) is 4.59. The number of nitrogens with zero attached hydrogens (tertiary/aromatic N) is 2. The zero-order valence-corrected chi connectivity index (χ0v) is 9.50. The Hall–Kier alpha value is -0.570. The Labute approximate surface area is 88.1 Å². The van der Waals surface area contributed by atoms with Crippen LogP contribution in [0.2, 0.25) is 0 Å². The predicted octanol–water partition coefficient (Wildman–Crippen LogP) is 2.69.